The average molecular weight is 332 g/mol. The Morgan fingerprint density at radius 1 is 1.23 bits per heavy atom. The third kappa shape index (κ3) is 6.33. The molecule has 0 saturated carbocycles. The maximum atomic E-state index is 11.7. The fourth-order valence-electron chi connectivity index (χ4n) is 2.20. The Labute approximate surface area is 130 Å². The monoisotopic (exact) mass is 332 g/mol. The van der Waals surface area contributed by atoms with E-state index in [1.165, 1.54) is 0 Å². The minimum absolute atomic E-state index is 0.0620. The molecule has 1 saturated heterocycles. The lowest BCUT2D eigenvalue weighted by Crippen LogP contribution is -2.53. The highest BCUT2D eigenvalue weighted by Gasteiger charge is 2.34. The number of carbonyl (C=O) groups is 3. The molecule has 8 nitrogen and oxygen atoms in total. The molecule has 22 heavy (non-hydrogen) atoms. The van der Waals surface area contributed by atoms with Crippen LogP contribution in [0.1, 0.15) is 6.42 Å². The summed E-state index contributed by atoms with van der Waals surface area (Å²) >= 11 is 0. The molecule has 0 aromatic rings. The number of piperidine rings is 1. The second kappa shape index (κ2) is 7.48. The molecular formula is C13H24N2O6Si. The summed E-state index contributed by atoms with van der Waals surface area (Å²) in [5, 5.41) is 20.6. The van der Waals surface area contributed by atoms with E-state index in [0.29, 0.717) is 6.61 Å². The molecule has 1 aliphatic heterocycles. The summed E-state index contributed by atoms with van der Waals surface area (Å²) in [6.45, 7) is 6.82. The fraction of sp³-hybridized carbons (Fsp3) is 0.769. The average Bonchev–Trinajstić information content (AvgIpc) is 2.36. The van der Waals surface area contributed by atoms with Crippen molar-refractivity contribution in [2.45, 2.75) is 38.1 Å². The first-order valence-corrected chi connectivity index (χ1v) is 10.9. The van der Waals surface area contributed by atoms with Gasteiger partial charge in [-0.05, 0) is 12.5 Å². The summed E-state index contributed by atoms with van der Waals surface area (Å²) in [5.41, 5.74) is 0. The van der Waals surface area contributed by atoms with Crippen molar-refractivity contribution in [1.29, 1.82) is 0 Å². The van der Waals surface area contributed by atoms with Gasteiger partial charge in [0.15, 0.2) is 0 Å². The molecule has 3 N–H and O–H groups in total. The van der Waals surface area contributed by atoms with Gasteiger partial charge in [-0.1, -0.05) is 19.6 Å². The van der Waals surface area contributed by atoms with Crippen LogP contribution in [0.25, 0.3) is 0 Å². The Balaban J connectivity index is 2.50. The Bertz CT molecular complexity index is 415. The number of nitrogens with zero attached hydrogens (tertiary/aromatic N) is 1. The number of alkyl carbamates (subject to hydrolysis) is 1. The molecule has 9 heteroatoms. The number of carboxylic acid groups (broad SMARTS) is 2. The number of nitrogens with one attached hydrogen (secondary N) is 1. The van der Waals surface area contributed by atoms with Crippen LogP contribution in [-0.2, 0) is 9.53 Å². The zero-order chi connectivity index (χ0) is 16.9. The normalized spacial score (nSPS) is 22.0. The van der Waals surface area contributed by atoms with Crippen molar-refractivity contribution in [2.24, 2.45) is 5.92 Å². The first-order chi connectivity index (χ1) is 10.1. The molecule has 126 valence electrons. The van der Waals surface area contributed by atoms with Crippen LogP contribution >= 0.6 is 0 Å². The van der Waals surface area contributed by atoms with E-state index in [4.69, 9.17) is 14.9 Å². The van der Waals surface area contributed by atoms with Gasteiger partial charge in [0, 0.05) is 21.2 Å². The number of carboxylic acids is 1. The van der Waals surface area contributed by atoms with E-state index < -0.39 is 38.2 Å². The molecule has 0 aliphatic carbocycles. The van der Waals surface area contributed by atoms with Crippen molar-refractivity contribution in [3.63, 3.8) is 0 Å². The van der Waals surface area contributed by atoms with E-state index in [0.717, 1.165) is 10.9 Å². The van der Waals surface area contributed by atoms with Gasteiger partial charge in [0.25, 0.3) is 0 Å². The van der Waals surface area contributed by atoms with Crippen LogP contribution in [0.3, 0.4) is 0 Å². The maximum Gasteiger partial charge on any atom is 0.407 e. The molecule has 2 amide bonds. The Morgan fingerprint density at radius 3 is 2.36 bits per heavy atom. The van der Waals surface area contributed by atoms with Gasteiger partial charge in [0.2, 0.25) is 0 Å². The van der Waals surface area contributed by atoms with E-state index >= 15 is 0 Å². The van der Waals surface area contributed by atoms with Gasteiger partial charge in [0.05, 0.1) is 18.6 Å². The van der Waals surface area contributed by atoms with E-state index in [9.17, 15) is 14.4 Å². The number of aliphatic carboxylic acids is 1. The number of ether oxygens (including phenoxy) is 1. The maximum absolute atomic E-state index is 11.7. The Hall–Kier alpha value is -1.77. The van der Waals surface area contributed by atoms with Crippen molar-refractivity contribution < 1.29 is 29.3 Å². The van der Waals surface area contributed by atoms with Gasteiger partial charge < -0.3 is 25.2 Å². The van der Waals surface area contributed by atoms with Gasteiger partial charge >= 0.3 is 18.2 Å². The second-order valence-electron chi connectivity index (χ2n) is 6.75. The molecule has 0 bridgehead atoms. The molecule has 1 fully saturated rings. The number of amides is 2. The summed E-state index contributed by atoms with van der Waals surface area (Å²) in [7, 11) is -1.30. The van der Waals surface area contributed by atoms with Crippen LogP contribution < -0.4 is 5.32 Å². The Morgan fingerprint density at radius 2 is 1.86 bits per heavy atom. The van der Waals surface area contributed by atoms with Crippen LogP contribution in [0.4, 0.5) is 9.59 Å². The molecule has 0 aromatic carbocycles. The summed E-state index contributed by atoms with van der Waals surface area (Å²) in [6.07, 6.45) is -1.62. The molecule has 0 spiro atoms. The zero-order valence-electron chi connectivity index (χ0n) is 13.2. The number of hydrogen-bond donors (Lipinski definition) is 3. The number of carbonyl (C=O) groups excluding carboxylic acids is 1. The molecular weight excluding hydrogens is 308 g/mol. The molecule has 1 aliphatic rings. The van der Waals surface area contributed by atoms with Gasteiger partial charge in [-0.25, -0.2) is 9.59 Å². The molecule has 0 aromatic heterocycles. The molecule has 2 unspecified atom stereocenters. The molecule has 1 rings (SSSR count). The van der Waals surface area contributed by atoms with Gasteiger partial charge in [0.1, 0.15) is 0 Å². The first kappa shape index (κ1) is 18.3. The highest BCUT2D eigenvalue weighted by atomic mass is 28.3. The fourth-order valence-corrected chi connectivity index (χ4v) is 2.91. The van der Waals surface area contributed by atoms with E-state index in [2.05, 4.69) is 25.0 Å². The third-order valence-corrected chi connectivity index (χ3v) is 5.18. The summed E-state index contributed by atoms with van der Waals surface area (Å²) in [5.74, 6) is -1.89. The standard InChI is InChI=1S/C13H24N2O6Si/c1-22(2,3)5-4-21-12(18)14-10-6-9(11(16)17)7-15(8-10)13(19)20/h9-10H,4-8H2,1-3H3,(H,14,18)(H,16,17)(H,19,20). The largest absolute Gasteiger partial charge is 0.481 e. The first-order valence-electron chi connectivity index (χ1n) is 7.22. The summed E-state index contributed by atoms with van der Waals surface area (Å²) < 4.78 is 5.08. The highest BCUT2D eigenvalue weighted by Crippen LogP contribution is 2.17. The van der Waals surface area contributed by atoms with Crippen LogP contribution in [-0.4, -0.2) is 67.1 Å². The molecule has 2 atom stereocenters. The minimum atomic E-state index is -1.30. The minimum Gasteiger partial charge on any atom is -0.481 e. The van der Waals surface area contributed by atoms with Crippen molar-refractivity contribution in [2.75, 3.05) is 19.7 Å². The molecule has 1 heterocycles. The van der Waals surface area contributed by atoms with Crippen molar-refractivity contribution in [3.8, 4) is 0 Å². The SMILES string of the molecule is C[Si](C)(C)CCOC(=O)NC1CC(C(=O)O)CN(C(=O)O)C1. The predicted molar refractivity (Wildman–Crippen MR) is 81.8 cm³/mol. The summed E-state index contributed by atoms with van der Waals surface area (Å²) in [4.78, 5) is 34.8. The van der Waals surface area contributed by atoms with Crippen molar-refractivity contribution in [1.82, 2.24) is 10.2 Å². The van der Waals surface area contributed by atoms with Gasteiger partial charge in [-0.15, -0.1) is 0 Å². The highest BCUT2D eigenvalue weighted by molar-refractivity contribution is 6.76. The van der Waals surface area contributed by atoms with Crippen LogP contribution in [0, 0.1) is 5.92 Å². The lowest BCUT2D eigenvalue weighted by atomic mass is 9.94. The number of likely N-dealkylation sites (tertiary alicyclic amines) is 1. The lowest BCUT2D eigenvalue weighted by molar-refractivity contribution is -0.143. The number of rotatable bonds is 5. The Kier molecular flexibility index (Phi) is 6.21. The van der Waals surface area contributed by atoms with Crippen molar-refractivity contribution >= 4 is 26.2 Å². The van der Waals surface area contributed by atoms with Crippen LogP contribution in [0.2, 0.25) is 25.7 Å². The summed E-state index contributed by atoms with van der Waals surface area (Å²) in [6, 6.07) is 0.287. The third-order valence-electron chi connectivity index (χ3n) is 3.48. The zero-order valence-corrected chi connectivity index (χ0v) is 14.2. The smallest absolute Gasteiger partial charge is 0.407 e. The number of hydrogen-bond acceptors (Lipinski definition) is 4. The van der Waals surface area contributed by atoms with Crippen LogP contribution in [0.15, 0.2) is 0 Å². The van der Waals surface area contributed by atoms with E-state index in [1.54, 1.807) is 0 Å². The van der Waals surface area contributed by atoms with E-state index in [1.807, 2.05) is 0 Å². The van der Waals surface area contributed by atoms with Crippen molar-refractivity contribution in [3.05, 3.63) is 0 Å². The van der Waals surface area contributed by atoms with Crippen LogP contribution in [0.5, 0.6) is 0 Å². The molecule has 0 radical (unpaired) electrons. The predicted octanol–water partition coefficient (Wildman–Crippen LogP) is 1.50. The quantitative estimate of drug-likeness (QED) is 0.657. The van der Waals surface area contributed by atoms with Gasteiger partial charge in [-0.2, -0.15) is 0 Å². The van der Waals surface area contributed by atoms with Gasteiger partial charge in [-0.3, -0.25) is 4.79 Å². The van der Waals surface area contributed by atoms with E-state index in [-0.39, 0.29) is 19.5 Å². The second-order valence-corrected chi connectivity index (χ2v) is 12.4. The lowest BCUT2D eigenvalue weighted by Gasteiger charge is -2.34. The topological polar surface area (TPSA) is 116 Å².